The Kier molecular flexibility index (Phi) is 6.48. The van der Waals surface area contributed by atoms with Crippen molar-refractivity contribution in [3.8, 4) is 0 Å². The number of nitrogens with one attached hydrogen (secondary N) is 1. The van der Waals surface area contributed by atoms with E-state index in [0.29, 0.717) is 18.6 Å². The van der Waals surface area contributed by atoms with Crippen LogP contribution in [0.3, 0.4) is 0 Å². The van der Waals surface area contributed by atoms with Crippen molar-refractivity contribution >= 4 is 11.3 Å². The fourth-order valence-corrected chi connectivity index (χ4v) is 2.64. The monoisotopic (exact) mass is 253 g/mol. The lowest BCUT2D eigenvalue weighted by Gasteiger charge is -2.21. The predicted molar refractivity (Wildman–Crippen MR) is 75.5 cm³/mol. The van der Waals surface area contributed by atoms with Crippen LogP contribution in [-0.4, -0.2) is 19.8 Å². The van der Waals surface area contributed by atoms with E-state index in [1.807, 2.05) is 18.3 Å². The summed E-state index contributed by atoms with van der Waals surface area (Å²) in [5.41, 5.74) is 1.07. The quantitative estimate of drug-likeness (QED) is 0.564. The van der Waals surface area contributed by atoms with Crippen molar-refractivity contribution in [1.29, 1.82) is 0 Å². The average molecular weight is 253 g/mol. The molecule has 0 bridgehead atoms. The maximum absolute atomic E-state index is 5.48. The molecule has 0 amide bonds. The Morgan fingerprint density at radius 1 is 1.53 bits per heavy atom. The zero-order valence-corrected chi connectivity index (χ0v) is 11.8. The Balaban J connectivity index is 2.29. The molecule has 1 heterocycles. The fourth-order valence-electron chi connectivity index (χ4n) is 1.67. The lowest BCUT2D eigenvalue weighted by Crippen LogP contribution is -2.28. The highest BCUT2D eigenvalue weighted by Gasteiger charge is 2.15. The Morgan fingerprint density at radius 3 is 2.82 bits per heavy atom. The standard InChI is InChI=1S/C14H23NOS/c1-11(2)10-16-8-7-15-14(12(3)4)13-6-5-9-17-13/h5-6,9,12,14-15H,1,7-8,10H2,2-4H3. The first-order valence-corrected chi connectivity index (χ1v) is 6.98. The maximum atomic E-state index is 5.48. The summed E-state index contributed by atoms with van der Waals surface area (Å²) in [6.07, 6.45) is 0. The summed E-state index contributed by atoms with van der Waals surface area (Å²) in [7, 11) is 0. The van der Waals surface area contributed by atoms with Gasteiger partial charge >= 0.3 is 0 Å². The van der Waals surface area contributed by atoms with Crippen molar-refractivity contribution < 1.29 is 4.74 Å². The number of hydrogen-bond donors (Lipinski definition) is 1. The van der Waals surface area contributed by atoms with Gasteiger partial charge in [-0.3, -0.25) is 0 Å². The Labute approximate surface area is 109 Å². The number of rotatable bonds is 8. The van der Waals surface area contributed by atoms with Crippen LogP contribution in [-0.2, 0) is 4.74 Å². The number of thiophene rings is 1. The average Bonchev–Trinajstić information content (AvgIpc) is 2.75. The molecule has 0 saturated heterocycles. The number of hydrogen-bond acceptors (Lipinski definition) is 3. The van der Waals surface area contributed by atoms with E-state index >= 15 is 0 Å². The van der Waals surface area contributed by atoms with Crippen LogP contribution < -0.4 is 5.32 Å². The minimum absolute atomic E-state index is 0.434. The van der Waals surface area contributed by atoms with E-state index in [1.165, 1.54) is 4.88 Å². The van der Waals surface area contributed by atoms with Gasteiger partial charge in [-0.25, -0.2) is 0 Å². The largest absolute Gasteiger partial charge is 0.376 e. The SMILES string of the molecule is C=C(C)COCCNC(c1cccs1)C(C)C. The van der Waals surface area contributed by atoms with E-state index in [0.717, 1.165) is 18.7 Å². The van der Waals surface area contributed by atoms with Crippen molar-refractivity contribution in [2.75, 3.05) is 19.8 Å². The molecule has 1 aromatic heterocycles. The van der Waals surface area contributed by atoms with Gasteiger partial charge in [-0.2, -0.15) is 0 Å². The molecule has 3 heteroatoms. The molecule has 0 radical (unpaired) electrons. The lowest BCUT2D eigenvalue weighted by molar-refractivity contribution is 0.153. The van der Waals surface area contributed by atoms with Gasteiger partial charge in [0.2, 0.25) is 0 Å². The second-order valence-corrected chi connectivity index (χ2v) is 5.68. The summed E-state index contributed by atoms with van der Waals surface area (Å²) in [5.74, 6) is 0.592. The predicted octanol–water partition coefficient (Wildman–Crippen LogP) is 3.63. The molecule has 1 atom stereocenters. The maximum Gasteiger partial charge on any atom is 0.0672 e. The first-order valence-electron chi connectivity index (χ1n) is 6.10. The second-order valence-electron chi connectivity index (χ2n) is 4.70. The Morgan fingerprint density at radius 2 is 2.29 bits per heavy atom. The van der Waals surface area contributed by atoms with Crippen LogP contribution in [0.15, 0.2) is 29.7 Å². The van der Waals surface area contributed by atoms with Crippen LogP contribution in [0.1, 0.15) is 31.7 Å². The minimum atomic E-state index is 0.434. The molecule has 96 valence electrons. The van der Waals surface area contributed by atoms with Gasteiger partial charge in [0.05, 0.1) is 13.2 Å². The summed E-state index contributed by atoms with van der Waals surface area (Å²) in [5, 5.41) is 5.68. The van der Waals surface area contributed by atoms with Crippen molar-refractivity contribution in [2.45, 2.75) is 26.8 Å². The molecular formula is C14H23NOS. The highest BCUT2D eigenvalue weighted by atomic mass is 32.1. The molecule has 1 aromatic rings. The minimum Gasteiger partial charge on any atom is -0.376 e. The highest BCUT2D eigenvalue weighted by molar-refractivity contribution is 7.10. The molecule has 2 nitrogen and oxygen atoms in total. The molecule has 17 heavy (non-hydrogen) atoms. The molecule has 1 unspecified atom stereocenters. The first kappa shape index (κ1) is 14.4. The number of ether oxygens (including phenoxy) is 1. The van der Waals surface area contributed by atoms with Gasteiger partial charge in [-0.05, 0) is 24.3 Å². The van der Waals surface area contributed by atoms with Gasteiger partial charge in [-0.15, -0.1) is 11.3 Å². The van der Waals surface area contributed by atoms with E-state index in [1.54, 1.807) is 0 Å². The van der Waals surface area contributed by atoms with E-state index in [9.17, 15) is 0 Å². The molecule has 0 aromatic carbocycles. The Hall–Kier alpha value is -0.640. The van der Waals surface area contributed by atoms with Gasteiger partial charge < -0.3 is 10.1 Å². The highest BCUT2D eigenvalue weighted by Crippen LogP contribution is 2.25. The van der Waals surface area contributed by atoms with Crippen LogP contribution in [0, 0.1) is 5.92 Å². The molecule has 0 fully saturated rings. The topological polar surface area (TPSA) is 21.3 Å². The fraction of sp³-hybridized carbons (Fsp3) is 0.571. The van der Waals surface area contributed by atoms with Crippen molar-refractivity contribution in [3.05, 3.63) is 34.5 Å². The second kappa shape index (κ2) is 7.64. The third kappa shape index (κ3) is 5.48. The van der Waals surface area contributed by atoms with Crippen LogP contribution in [0.4, 0.5) is 0 Å². The van der Waals surface area contributed by atoms with E-state index in [-0.39, 0.29) is 0 Å². The van der Waals surface area contributed by atoms with Crippen molar-refractivity contribution in [1.82, 2.24) is 5.32 Å². The van der Waals surface area contributed by atoms with Crippen molar-refractivity contribution in [3.63, 3.8) is 0 Å². The summed E-state index contributed by atoms with van der Waals surface area (Å²) < 4.78 is 5.48. The van der Waals surface area contributed by atoms with Gasteiger partial charge in [-0.1, -0.05) is 32.1 Å². The molecule has 0 aliphatic rings. The zero-order chi connectivity index (χ0) is 12.7. The molecule has 0 saturated carbocycles. The normalized spacial score (nSPS) is 12.9. The van der Waals surface area contributed by atoms with E-state index < -0.39 is 0 Å². The molecule has 0 aliphatic carbocycles. The first-order chi connectivity index (χ1) is 8.11. The molecule has 0 spiro atoms. The molecule has 1 rings (SSSR count). The van der Waals surface area contributed by atoms with Gasteiger partial charge in [0.15, 0.2) is 0 Å². The smallest absolute Gasteiger partial charge is 0.0672 e. The third-order valence-electron chi connectivity index (χ3n) is 2.48. The van der Waals surface area contributed by atoms with Crippen LogP contribution in [0.25, 0.3) is 0 Å². The van der Waals surface area contributed by atoms with Crippen LogP contribution in [0.5, 0.6) is 0 Å². The van der Waals surface area contributed by atoms with Crippen LogP contribution in [0.2, 0.25) is 0 Å². The zero-order valence-electron chi connectivity index (χ0n) is 11.0. The Bertz CT molecular complexity index is 319. The molecular weight excluding hydrogens is 230 g/mol. The summed E-state index contributed by atoms with van der Waals surface area (Å²) >= 11 is 1.81. The van der Waals surface area contributed by atoms with E-state index in [2.05, 4.69) is 43.3 Å². The van der Waals surface area contributed by atoms with Gasteiger partial charge in [0, 0.05) is 17.5 Å². The lowest BCUT2D eigenvalue weighted by atomic mass is 10.0. The van der Waals surface area contributed by atoms with Crippen molar-refractivity contribution in [2.24, 2.45) is 5.92 Å². The molecule has 1 N–H and O–H groups in total. The summed E-state index contributed by atoms with van der Waals surface area (Å²) in [6.45, 7) is 12.6. The van der Waals surface area contributed by atoms with Gasteiger partial charge in [0.1, 0.15) is 0 Å². The third-order valence-corrected chi connectivity index (χ3v) is 3.43. The molecule has 0 aliphatic heterocycles. The summed E-state index contributed by atoms with van der Waals surface area (Å²) in [6, 6.07) is 4.73. The van der Waals surface area contributed by atoms with Crippen LogP contribution >= 0.6 is 11.3 Å². The van der Waals surface area contributed by atoms with E-state index in [4.69, 9.17) is 4.74 Å². The summed E-state index contributed by atoms with van der Waals surface area (Å²) in [4.78, 5) is 1.40. The van der Waals surface area contributed by atoms with Gasteiger partial charge in [0.25, 0.3) is 0 Å².